The smallest absolute Gasteiger partial charge is 0.261 e. The topological polar surface area (TPSA) is 75.3 Å². The summed E-state index contributed by atoms with van der Waals surface area (Å²) in [7, 11) is -3.71. The number of hydrogen-bond acceptors (Lipinski definition) is 3. The van der Waals surface area contributed by atoms with Gasteiger partial charge < -0.3 is 5.32 Å². The lowest BCUT2D eigenvalue weighted by Gasteiger charge is -2.10. The van der Waals surface area contributed by atoms with E-state index in [4.69, 9.17) is 0 Å². The van der Waals surface area contributed by atoms with Crippen molar-refractivity contribution < 1.29 is 13.2 Å². The molecule has 0 unspecified atom stereocenters. The number of rotatable bonds is 7. The molecule has 6 heteroatoms. The quantitative estimate of drug-likeness (QED) is 0.394. The summed E-state index contributed by atoms with van der Waals surface area (Å²) in [5.74, 6) is -0.119. The fourth-order valence-corrected chi connectivity index (χ4v) is 4.67. The number of carbonyl (C=O) groups excluding carboxylic acids is 1. The largest absolute Gasteiger partial charge is 0.326 e. The molecule has 5 nitrogen and oxygen atoms in total. The average molecular weight is 445 g/mol. The monoisotopic (exact) mass is 444 g/mol. The summed E-state index contributed by atoms with van der Waals surface area (Å²) in [5, 5.41) is 5.15. The van der Waals surface area contributed by atoms with Crippen molar-refractivity contribution in [2.75, 3.05) is 10.0 Å². The van der Waals surface area contributed by atoms with Gasteiger partial charge in [-0.1, -0.05) is 54.6 Å². The predicted octanol–water partition coefficient (Wildman–Crippen LogP) is 5.52. The Morgan fingerprint density at radius 3 is 2.31 bits per heavy atom. The molecule has 0 heterocycles. The van der Waals surface area contributed by atoms with E-state index in [1.807, 2.05) is 37.3 Å². The lowest BCUT2D eigenvalue weighted by Crippen LogP contribution is -2.14. The van der Waals surface area contributed by atoms with Crippen LogP contribution in [-0.2, 0) is 21.2 Å². The van der Waals surface area contributed by atoms with Crippen LogP contribution in [0.15, 0.2) is 95.9 Å². The van der Waals surface area contributed by atoms with Gasteiger partial charge in [0, 0.05) is 17.8 Å². The van der Waals surface area contributed by atoms with Crippen LogP contribution in [0.1, 0.15) is 17.5 Å². The van der Waals surface area contributed by atoms with Crippen molar-refractivity contribution in [1.82, 2.24) is 0 Å². The summed E-state index contributed by atoms with van der Waals surface area (Å²) < 4.78 is 27.8. The number of anilines is 2. The Kier molecular flexibility index (Phi) is 6.23. The number of hydrogen-bond donors (Lipinski definition) is 2. The lowest BCUT2D eigenvalue weighted by molar-refractivity contribution is -0.116. The van der Waals surface area contributed by atoms with E-state index in [-0.39, 0.29) is 10.8 Å². The van der Waals surface area contributed by atoms with E-state index in [0.29, 0.717) is 24.2 Å². The molecule has 4 aromatic carbocycles. The second-order valence-electron chi connectivity index (χ2n) is 7.69. The molecular weight excluding hydrogens is 420 g/mol. The fraction of sp³-hybridized carbons (Fsp3) is 0.115. The minimum absolute atomic E-state index is 0.119. The van der Waals surface area contributed by atoms with Crippen LogP contribution < -0.4 is 10.0 Å². The van der Waals surface area contributed by atoms with E-state index < -0.39 is 10.0 Å². The van der Waals surface area contributed by atoms with Gasteiger partial charge in [-0.25, -0.2) is 8.42 Å². The van der Waals surface area contributed by atoms with Crippen molar-refractivity contribution in [2.45, 2.75) is 24.7 Å². The number of nitrogens with one attached hydrogen (secondary N) is 2. The average Bonchev–Trinajstić information content (AvgIpc) is 2.78. The highest BCUT2D eigenvalue weighted by Gasteiger charge is 2.14. The molecule has 0 aliphatic carbocycles. The standard InChI is InChI=1S/C26H24N2O3S/c1-19-6-4-10-23(18-19)28-32(30,31)24-15-13-22(14-16-24)27-26(29)17-12-21-9-5-8-20-7-2-3-11-25(20)21/h2-11,13-16,18,28H,12,17H2,1H3,(H,27,29). The van der Waals surface area contributed by atoms with Gasteiger partial charge in [0.25, 0.3) is 10.0 Å². The van der Waals surface area contributed by atoms with Crippen LogP contribution >= 0.6 is 0 Å². The molecule has 0 aliphatic rings. The zero-order valence-electron chi connectivity index (χ0n) is 17.7. The van der Waals surface area contributed by atoms with Crippen LogP contribution in [0.25, 0.3) is 10.8 Å². The minimum Gasteiger partial charge on any atom is -0.326 e. The molecule has 4 aromatic rings. The van der Waals surface area contributed by atoms with Gasteiger partial charge in [-0.15, -0.1) is 0 Å². The summed E-state index contributed by atoms with van der Waals surface area (Å²) in [6.45, 7) is 1.90. The van der Waals surface area contributed by atoms with Gasteiger partial charge >= 0.3 is 0 Å². The molecule has 0 atom stereocenters. The van der Waals surface area contributed by atoms with Gasteiger partial charge in [0.2, 0.25) is 5.91 Å². The maximum absolute atomic E-state index is 12.6. The van der Waals surface area contributed by atoms with Crippen molar-refractivity contribution in [3.63, 3.8) is 0 Å². The molecule has 32 heavy (non-hydrogen) atoms. The third-order valence-electron chi connectivity index (χ3n) is 5.22. The molecule has 162 valence electrons. The fourth-order valence-electron chi connectivity index (χ4n) is 3.62. The van der Waals surface area contributed by atoms with E-state index in [1.54, 1.807) is 30.3 Å². The molecular formula is C26H24N2O3S. The van der Waals surface area contributed by atoms with Gasteiger partial charge in [0.1, 0.15) is 0 Å². The number of carbonyl (C=O) groups is 1. The molecule has 0 aromatic heterocycles. The SMILES string of the molecule is Cc1cccc(NS(=O)(=O)c2ccc(NC(=O)CCc3cccc4ccccc34)cc2)c1. The van der Waals surface area contributed by atoms with Crippen molar-refractivity contribution in [3.05, 3.63) is 102 Å². The molecule has 0 saturated carbocycles. The summed E-state index contributed by atoms with van der Waals surface area (Å²) in [4.78, 5) is 12.6. The molecule has 0 fully saturated rings. The first kappa shape index (κ1) is 21.6. The number of sulfonamides is 1. The van der Waals surface area contributed by atoms with Crippen molar-refractivity contribution >= 4 is 38.1 Å². The molecule has 0 saturated heterocycles. The Morgan fingerprint density at radius 1 is 0.812 bits per heavy atom. The maximum atomic E-state index is 12.6. The highest BCUT2D eigenvalue weighted by molar-refractivity contribution is 7.92. The second kappa shape index (κ2) is 9.24. The predicted molar refractivity (Wildman–Crippen MR) is 129 cm³/mol. The Balaban J connectivity index is 1.38. The third kappa shape index (κ3) is 5.15. The summed E-state index contributed by atoms with van der Waals surface area (Å²) >= 11 is 0. The second-order valence-corrected chi connectivity index (χ2v) is 9.37. The van der Waals surface area contributed by atoms with Gasteiger partial charge in [-0.3, -0.25) is 9.52 Å². The molecule has 4 rings (SSSR count). The summed E-state index contributed by atoms with van der Waals surface area (Å²) in [6.07, 6.45) is 0.961. The first-order chi connectivity index (χ1) is 15.4. The lowest BCUT2D eigenvalue weighted by atomic mass is 10.0. The Labute approximate surface area is 188 Å². The normalized spacial score (nSPS) is 11.3. The first-order valence-electron chi connectivity index (χ1n) is 10.4. The summed E-state index contributed by atoms with van der Waals surface area (Å²) in [5.41, 5.74) is 3.16. The van der Waals surface area contributed by atoms with Crippen molar-refractivity contribution in [1.29, 1.82) is 0 Å². The molecule has 1 amide bonds. The molecule has 0 spiro atoms. The zero-order chi connectivity index (χ0) is 22.6. The zero-order valence-corrected chi connectivity index (χ0v) is 18.5. The van der Waals surface area contributed by atoms with Crippen molar-refractivity contribution in [3.8, 4) is 0 Å². The van der Waals surface area contributed by atoms with E-state index >= 15 is 0 Å². The highest BCUT2D eigenvalue weighted by Crippen LogP contribution is 2.21. The van der Waals surface area contributed by atoms with Crippen LogP contribution in [0.3, 0.4) is 0 Å². The van der Waals surface area contributed by atoms with Crippen LogP contribution in [0.2, 0.25) is 0 Å². The van der Waals surface area contributed by atoms with E-state index in [9.17, 15) is 13.2 Å². The van der Waals surface area contributed by atoms with Crippen molar-refractivity contribution in [2.24, 2.45) is 0 Å². The van der Waals surface area contributed by atoms with Gasteiger partial charge in [0.05, 0.1) is 4.90 Å². The number of benzene rings is 4. The number of fused-ring (bicyclic) bond motifs is 1. The van der Waals surface area contributed by atoms with Crippen LogP contribution in [0, 0.1) is 6.92 Å². The van der Waals surface area contributed by atoms with E-state index in [2.05, 4.69) is 28.2 Å². The highest BCUT2D eigenvalue weighted by atomic mass is 32.2. The summed E-state index contributed by atoms with van der Waals surface area (Å²) in [6, 6.07) is 27.5. The van der Waals surface area contributed by atoms with Crippen LogP contribution in [0.4, 0.5) is 11.4 Å². The Hall–Kier alpha value is -3.64. The third-order valence-corrected chi connectivity index (χ3v) is 6.62. The van der Waals surface area contributed by atoms with Gasteiger partial charge in [0.15, 0.2) is 0 Å². The molecule has 0 aliphatic heterocycles. The molecule has 0 bridgehead atoms. The number of amides is 1. The van der Waals surface area contributed by atoms with E-state index in [0.717, 1.165) is 21.9 Å². The maximum Gasteiger partial charge on any atom is 0.261 e. The van der Waals surface area contributed by atoms with Crippen LogP contribution in [-0.4, -0.2) is 14.3 Å². The Morgan fingerprint density at radius 2 is 1.53 bits per heavy atom. The van der Waals surface area contributed by atoms with Gasteiger partial charge in [-0.2, -0.15) is 0 Å². The minimum atomic E-state index is -3.71. The first-order valence-corrected chi connectivity index (χ1v) is 11.9. The number of aryl methyl sites for hydroxylation is 2. The van der Waals surface area contributed by atoms with Gasteiger partial charge in [-0.05, 0) is 71.6 Å². The Bertz CT molecular complexity index is 1360. The van der Waals surface area contributed by atoms with E-state index in [1.165, 1.54) is 12.1 Å². The van der Waals surface area contributed by atoms with Crippen LogP contribution in [0.5, 0.6) is 0 Å². The molecule has 0 radical (unpaired) electrons. The molecule has 2 N–H and O–H groups in total.